The number of carbonyl (C=O) groups excluding carboxylic acids is 1. The Morgan fingerprint density at radius 1 is 1.25 bits per heavy atom. The van der Waals surface area contributed by atoms with Crippen molar-refractivity contribution in [2.45, 2.75) is 26.3 Å². The molecule has 1 aromatic rings. The molecule has 1 aliphatic carbocycles. The van der Waals surface area contributed by atoms with Gasteiger partial charge in [-0.15, -0.1) is 0 Å². The average Bonchev–Trinajstić information content (AvgIpc) is 2.80. The molecule has 0 aliphatic heterocycles. The van der Waals surface area contributed by atoms with E-state index in [-0.39, 0.29) is 24.2 Å². The average molecular weight is 279 g/mol. The van der Waals surface area contributed by atoms with Crippen LogP contribution in [0.4, 0.5) is 4.39 Å². The fraction of sp³-hybridized carbons (Fsp3) is 0.467. The summed E-state index contributed by atoms with van der Waals surface area (Å²) in [6.45, 7) is 2.25. The number of rotatable bonds is 4. The van der Waals surface area contributed by atoms with E-state index in [2.05, 4.69) is 5.32 Å². The largest absolute Gasteiger partial charge is 0.481 e. The van der Waals surface area contributed by atoms with Crippen LogP contribution in [0.3, 0.4) is 0 Å². The Hall–Kier alpha value is -1.91. The number of carboxylic acid groups (broad SMARTS) is 1. The van der Waals surface area contributed by atoms with Gasteiger partial charge in [0.15, 0.2) is 0 Å². The zero-order chi connectivity index (χ0) is 14.7. The Bertz CT molecular complexity index is 500. The molecule has 1 aromatic carbocycles. The first-order valence-electron chi connectivity index (χ1n) is 6.72. The molecule has 0 aromatic heterocycles. The van der Waals surface area contributed by atoms with Gasteiger partial charge in [-0.3, -0.25) is 9.59 Å². The summed E-state index contributed by atoms with van der Waals surface area (Å²) in [7, 11) is 0. The minimum absolute atomic E-state index is 0.230. The molecule has 1 amide bonds. The molecule has 5 heteroatoms. The van der Waals surface area contributed by atoms with Gasteiger partial charge in [-0.1, -0.05) is 19.1 Å². The molecule has 1 aliphatic rings. The summed E-state index contributed by atoms with van der Waals surface area (Å²) < 4.78 is 12.8. The van der Waals surface area contributed by atoms with Gasteiger partial charge < -0.3 is 10.4 Å². The Labute approximate surface area is 117 Å². The lowest BCUT2D eigenvalue weighted by molar-refractivity contribution is -0.146. The van der Waals surface area contributed by atoms with Crippen molar-refractivity contribution in [3.8, 4) is 0 Å². The minimum Gasteiger partial charge on any atom is -0.481 e. The van der Waals surface area contributed by atoms with Gasteiger partial charge in [0.25, 0.3) is 0 Å². The summed E-state index contributed by atoms with van der Waals surface area (Å²) in [6.07, 6.45) is 1.15. The number of carbonyl (C=O) groups is 2. The molecule has 4 nitrogen and oxygen atoms in total. The number of halogens is 1. The van der Waals surface area contributed by atoms with Gasteiger partial charge in [0.1, 0.15) is 5.82 Å². The van der Waals surface area contributed by atoms with Crippen molar-refractivity contribution in [1.29, 1.82) is 0 Å². The van der Waals surface area contributed by atoms with Gasteiger partial charge in [0.05, 0.1) is 11.8 Å². The highest BCUT2D eigenvalue weighted by Crippen LogP contribution is 2.36. The molecular formula is C15H18FNO3. The maximum atomic E-state index is 12.8. The van der Waals surface area contributed by atoms with Crippen molar-refractivity contribution < 1.29 is 19.1 Å². The summed E-state index contributed by atoms with van der Waals surface area (Å²) in [5, 5.41) is 11.9. The molecule has 1 saturated carbocycles. The quantitative estimate of drug-likeness (QED) is 0.887. The number of nitrogens with one attached hydrogen (secondary N) is 1. The Kier molecular flexibility index (Phi) is 4.37. The Morgan fingerprint density at radius 2 is 1.85 bits per heavy atom. The molecule has 2 rings (SSSR count). The normalized spacial score (nSPS) is 25.4. The lowest BCUT2D eigenvalue weighted by atomic mass is 9.95. The summed E-state index contributed by atoms with van der Waals surface area (Å²) >= 11 is 0. The van der Waals surface area contributed by atoms with E-state index < -0.39 is 17.8 Å². The van der Waals surface area contributed by atoms with Gasteiger partial charge in [0.2, 0.25) is 5.91 Å². The topological polar surface area (TPSA) is 66.4 Å². The van der Waals surface area contributed by atoms with E-state index in [1.54, 1.807) is 12.1 Å². The lowest BCUT2D eigenvalue weighted by Crippen LogP contribution is -2.34. The highest BCUT2D eigenvalue weighted by atomic mass is 19.1. The molecular weight excluding hydrogens is 261 g/mol. The fourth-order valence-electron chi connectivity index (χ4n) is 2.78. The van der Waals surface area contributed by atoms with Crippen LogP contribution >= 0.6 is 0 Å². The first-order chi connectivity index (χ1) is 9.47. The third-order valence-electron chi connectivity index (χ3n) is 3.83. The Morgan fingerprint density at radius 3 is 2.45 bits per heavy atom. The molecule has 0 radical (unpaired) electrons. The summed E-state index contributed by atoms with van der Waals surface area (Å²) in [6, 6.07) is 5.86. The summed E-state index contributed by atoms with van der Waals surface area (Å²) in [5.74, 6) is -2.28. The molecule has 1 unspecified atom stereocenters. The number of hydrogen-bond acceptors (Lipinski definition) is 2. The highest BCUT2D eigenvalue weighted by molar-refractivity contribution is 5.85. The monoisotopic (exact) mass is 279 g/mol. The van der Waals surface area contributed by atoms with Gasteiger partial charge in [-0.05, 0) is 36.5 Å². The van der Waals surface area contributed by atoms with E-state index in [0.717, 1.165) is 5.56 Å². The molecule has 0 heterocycles. The smallest absolute Gasteiger partial charge is 0.307 e. The van der Waals surface area contributed by atoms with Crippen LogP contribution in [-0.2, 0) is 16.1 Å². The third kappa shape index (κ3) is 3.35. The number of hydrogen-bond donors (Lipinski definition) is 2. The lowest BCUT2D eigenvalue weighted by Gasteiger charge is -2.15. The van der Waals surface area contributed by atoms with E-state index in [1.165, 1.54) is 12.1 Å². The first kappa shape index (κ1) is 14.5. The molecule has 0 saturated heterocycles. The van der Waals surface area contributed by atoms with Crippen LogP contribution in [0.15, 0.2) is 24.3 Å². The summed E-state index contributed by atoms with van der Waals surface area (Å²) in [5.41, 5.74) is 0.790. The van der Waals surface area contributed by atoms with Crippen LogP contribution in [0.1, 0.15) is 25.3 Å². The standard InChI is InChI=1S/C15H18FNO3/c1-9-6-12(13(7-9)15(19)20)14(18)17-8-10-2-4-11(16)5-3-10/h2-5,9,12-13H,6-8H2,1H3,(H,17,18)(H,19,20)/t9?,12-,13+/m0/s1. The first-order valence-corrected chi connectivity index (χ1v) is 6.72. The molecule has 2 N–H and O–H groups in total. The molecule has 0 spiro atoms. The van der Waals surface area contributed by atoms with E-state index in [4.69, 9.17) is 5.11 Å². The zero-order valence-electron chi connectivity index (χ0n) is 11.3. The van der Waals surface area contributed by atoms with Crippen LogP contribution in [0.5, 0.6) is 0 Å². The second kappa shape index (κ2) is 6.03. The minimum atomic E-state index is -0.906. The van der Waals surface area contributed by atoms with Gasteiger partial charge in [-0.25, -0.2) is 4.39 Å². The van der Waals surface area contributed by atoms with E-state index >= 15 is 0 Å². The van der Waals surface area contributed by atoms with Gasteiger partial charge in [0, 0.05) is 6.54 Å². The molecule has 108 valence electrons. The predicted octanol–water partition coefficient (Wildman–Crippen LogP) is 2.19. The van der Waals surface area contributed by atoms with E-state index in [9.17, 15) is 14.0 Å². The highest BCUT2D eigenvalue weighted by Gasteiger charge is 2.40. The van der Waals surface area contributed by atoms with Crippen molar-refractivity contribution >= 4 is 11.9 Å². The van der Waals surface area contributed by atoms with Crippen molar-refractivity contribution in [3.63, 3.8) is 0 Å². The maximum Gasteiger partial charge on any atom is 0.307 e. The van der Waals surface area contributed by atoms with Crippen molar-refractivity contribution in [3.05, 3.63) is 35.6 Å². The van der Waals surface area contributed by atoms with Crippen molar-refractivity contribution in [2.24, 2.45) is 17.8 Å². The van der Waals surface area contributed by atoms with E-state index in [1.807, 2.05) is 6.92 Å². The molecule has 3 atom stereocenters. The van der Waals surface area contributed by atoms with Crippen LogP contribution in [-0.4, -0.2) is 17.0 Å². The zero-order valence-corrected chi connectivity index (χ0v) is 11.3. The van der Waals surface area contributed by atoms with E-state index in [0.29, 0.717) is 12.8 Å². The number of aliphatic carboxylic acids is 1. The molecule has 20 heavy (non-hydrogen) atoms. The number of carboxylic acids is 1. The van der Waals surface area contributed by atoms with Crippen LogP contribution in [0, 0.1) is 23.6 Å². The molecule has 0 bridgehead atoms. The predicted molar refractivity (Wildman–Crippen MR) is 71.3 cm³/mol. The Balaban J connectivity index is 1.94. The van der Waals surface area contributed by atoms with Gasteiger partial charge in [-0.2, -0.15) is 0 Å². The second-order valence-corrected chi connectivity index (χ2v) is 5.47. The summed E-state index contributed by atoms with van der Waals surface area (Å²) in [4.78, 5) is 23.2. The fourth-order valence-corrected chi connectivity index (χ4v) is 2.78. The van der Waals surface area contributed by atoms with Gasteiger partial charge >= 0.3 is 5.97 Å². The molecule has 1 fully saturated rings. The van der Waals surface area contributed by atoms with Crippen LogP contribution in [0.25, 0.3) is 0 Å². The number of amides is 1. The second-order valence-electron chi connectivity index (χ2n) is 5.47. The van der Waals surface area contributed by atoms with Crippen molar-refractivity contribution in [2.75, 3.05) is 0 Å². The maximum absolute atomic E-state index is 12.8. The van der Waals surface area contributed by atoms with Crippen molar-refractivity contribution in [1.82, 2.24) is 5.32 Å². The third-order valence-corrected chi connectivity index (χ3v) is 3.83. The van der Waals surface area contributed by atoms with Crippen LogP contribution in [0.2, 0.25) is 0 Å². The number of benzene rings is 1. The van der Waals surface area contributed by atoms with Crippen LogP contribution < -0.4 is 5.32 Å². The SMILES string of the molecule is CC1C[C@H](C(=O)NCc2ccc(F)cc2)[C@H](C(=O)O)C1.